The van der Waals surface area contributed by atoms with E-state index in [1.807, 2.05) is 30.3 Å². The maximum Gasteiger partial charge on any atom is 0.231 e. The number of benzene rings is 2. The van der Waals surface area contributed by atoms with Gasteiger partial charge in [-0.3, -0.25) is 4.79 Å². The van der Waals surface area contributed by atoms with Gasteiger partial charge in [0.15, 0.2) is 17.3 Å². The lowest BCUT2D eigenvalue weighted by Crippen LogP contribution is -2.03. The van der Waals surface area contributed by atoms with Crippen molar-refractivity contribution in [3.8, 4) is 11.5 Å². The van der Waals surface area contributed by atoms with E-state index < -0.39 is 0 Å². The molecule has 0 radical (unpaired) electrons. The molecule has 4 rings (SSSR count). The Morgan fingerprint density at radius 1 is 1.00 bits per heavy atom. The standard InChI is InChI=1S/C17H14O3/c18-17(12-6-7-15-16(8-12)20-10-19-15)14-9-13(14)11-4-2-1-3-5-11/h1-8,13-14H,9-10H2/t13-,14+/m1/s1. The van der Waals surface area contributed by atoms with Crippen molar-refractivity contribution in [3.05, 3.63) is 59.7 Å². The normalized spacial score (nSPS) is 22.6. The minimum Gasteiger partial charge on any atom is -0.454 e. The molecule has 1 aliphatic heterocycles. The van der Waals surface area contributed by atoms with E-state index in [0.717, 1.165) is 17.7 Å². The van der Waals surface area contributed by atoms with Crippen molar-refractivity contribution < 1.29 is 14.3 Å². The Bertz CT molecular complexity index is 663. The molecule has 0 N–H and O–H groups in total. The molecule has 0 amide bonds. The predicted octanol–water partition coefficient (Wildman–Crippen LogP) is 3.40. The van der Waals surface area contributed by atoms with Gasteiger partial charge in [-0.15, -0.1) is 0 Å². The summed E-state index contributed by atoms with van der Waals surface area (Å²) in [5.74, 6) is 2.08. The number of fused-ring (bicyclic) bond motifs is 1. The molecule has 2 aliphatic rings. The maximum absolute atomic E-state index is 12.5. The van der Waals surface area contributed by atoms with E-state index in [1.165, 1.54) is 5.56 Å². The Labute approximate surface area is 117 Å². The number of hydrogen-bond acceptors (Lipinski definition) is 3. The van der Waals surface area contributed by atoms with Gasteiger partial charge in [-0.05, 0) is 36.1 Å². The van der Waals surface area contributed by atoms with Crippen molar-refractivity contribution in [1.29, 1.82) is 0 Å². The van der Waals surface area contributed by atoms with E-state index in [9.17, 15) is 4.79 Å². The molecule has 2 aromatic rings. The molecule has 1 heterocycles. The summed E-state index contributed by atoms with van der Waals surface area (Å²) in [4.78, 5) is 12.5. The number of hydrogen-bond donors (Lipinski definition) is 0. The number of carbonyl (C=O) groups is 1. The Kier molecular flexibility index (Phi) is 2.52. The molecule has 100 valence electrons. The summed E-state index contributed by atoms with van der Waals surface area (Å²) < 4.78 is 10.6. The molecular weight excluding hydrogens is 252 g/mol. The molecule has 3 nitrogen and oxygen atoms in total. The second kappa shape index (κ2) is 4.37. The Morgan fingerprint density at radius 2 is 1.80 bits per heavy atom. The van der Waals surface area contributed by atoms with Gasteiger partial charge in [-0.2, -0.15) is 0 Å². The van der Waals surface area contributed by atoms with Crippen molar-refractivity contribution in [2.24, 2.45) is 5.92 Å². The van der Waals surface area contributed by atoms with Gasteiger partial charge in [0.05, 0.1) is 0 Å². The first kappa shape index (κ1) is 11.5. The van der Waals surface area contributed by atoms with Crippen LogP contribution in [0.5, 0.6) is 11.5 Å². The van der Waals surface area contributed by atoms with Crippen molar-refractivity contribution >= 4 is 5.78 Å². The van der Waals surface area contributed by atoms with Crippen LogP contribution in [0.3, 0.4) is 0 Å². The highest BCUT2D eigenvalue weighted by Gasteiger charge is 2.44. The fourth-order valence-electron chi connectivity index (χ4n) is 2.82. The van der Waals surface area contributed by atoms with Crippen molar-refractivity contribution in [2.45, 2.75) is 12.3 Å². The van der Waals surface area contributed by atoms with Crippen molar-refractivity contribution in [2.75, 3.05) is 6.79 Å². The smallest absolute Gasteiger partial charge is 0.231 e. The van der Waals surface area contributed by atoms with Gasteiger partial charge < -0.3 is 9.47 Å². The number of ketones is 1. The van der Waals surface area contributed by atoms with Crippen LogP contribution in [0.15, 0.2) is 48.5 Å². The van der Waals surface area contributed by atoms with E-state index in [2.05, 4.69) is 12.1 Å². The molecule has 20 heavy (non-hydrogen) atoms. The predicted molar refractivity (Wildman–Crippen MR) is 74.2 cm³/mol. The summed E-state index contributed by atoms with van der Waals surface area (Å²) in [5.41, 5.74) is 1.98. The summed E-state index contributed by atoms with van der Waals surface area (Å²) in [7, 11) is 0. The monoisotopic (exact) mass is 266 g/mol. The molecule has 0 spiro atoms. The van der Waals surface area contributed by atoms with Crippen LogP contribution >= 0.6 is 0 Å². The Morgan fingerprint density at radius 3 is 2.65 bits per heavy atom. The van der Waals surface area contributed by atoms with Crippen LogP contribution in [0.1, 0.15) is 28.3 Å². The van der Waals surface area contributed by atoms with Gasteiger partial charge in [0.25, 0.3) is 0 Å². The summed E-state index contributed by atoms with van der Waals surface area (Å²) in [5, 5.41) is 0. The lowest BCUT2D eigenvalue weighted by molar-refractivity contribution is 0.0965. The first-order valence-corrected chi connectivity index (χ1v) is 6.82. The topological polar surface area (TPSA) is 35.5 Å². The van der Waals surface area contributed by atoms with Crippen LogP contribution in [0.2, 0.25) is 0 Å². The van der Waals surface area contributed by atoms with Crippen LogP contribution in [0.4, 0.5) is 0 Å². The first-order chi connectivity index (χ1) is 9.83. The van der Waals surface area contributed by atoms with E-state index in [1.54, 1.807) is 6.07 Å². The van der Waals surface area contributed by atoms with Gasteiger partial charge in [0, 0.05) is 11.5 Å². The third kappa shape index (κ3) is 1.86. The Balaban J connectivity index is 1.55. The van der Waals surface area contributed by atoms with E-state index in [4.69, 9.17) is 9.47 Å². The van der Waals surface area contributed by atoms with Gasteiger partial charge >= 0.3 is 0 Å². The molecule has 2 atom stereocenters. The minimum absolute atomic E-state index is 0.109. The van der Waals surface area contributed by atoms with Crippen molar-refractivity contribution in [1.82, 2.24) is 0 Å². The average Bonchev–Trinajstić information content (AvgIpc) is 3.17. The maximum atomic E-state index is 12.5. The number of ether oxygens (including phenoxy) is 2. The average molecular weight is 266 g/mol. The van der Waals surface area contributed by atoms with Gasteiger partial charge in [0.2, 0.25) is 6.79 Å². The molecule has 1 saturated carbocycles. The Hall–Kier alpha value is -2.29. The SMILES string of the molecule is O=C(c1ccc2c(c1)OCO2)[C@H]1C[C@@H]1c1ccccc1. The number of rotatable bonds is 3. The van der Waals surface area contributed by atoms with Gasteiger partial charge in [-0.1, -0.05) is 30.3 Å². The zero-order valence-corrected chi connectivity index (χ0v) is 10.9. The van der Waals surface area contributed by atoms with Crippen LogP contribution in [0.25, 0.3) is 0 Å². The molecule has 3 heteroatoms. The molecule has 0 unspecified atom stereocenters. The summed E-state index contributed by atoms with van der Waals surface area (Å²) >= 11 is 0. The van der Waals surface area contributed by atoms with Gasteiger partial charge in [0.1, 0.15) is 0 Å². The highest BCUT2D eigenvalue weighted by molar-refractivity contribution is 6.00. The van der Waals surface area contributed by atoms with Crippen molar-refractivity contribution in [3.63, 3.8) is 0 Å². The summed E-state index contributed by atoms with van der Waals surface area (Å²) in [6.07, 6.45) is 0.942. The van der Waals surface area contributed by atoms with E-state index in [-0.39, 0.29) is 18.5 Å². The lowest BCUT2D eigenvalue weighted by atomic mass is 10.0. The fraction of sp³-hybridized carbons (Fsp3) is 0.235. The quantitative estimate of drug-likeness (QED) is 0.799. The van der Waals surface area contributed by atoms with Crippen LogP contribution < -0.4 is 9.47 Å². The van der Waals surface area contributed by atoms with Crippen LogP contribution in [0, 0.1) is 5.92 Å². The molecule has 1 aliphatic carbocycles. The highest BCUT2D eigenvalue weighted by Crippen LogP contribution is 2.49. The second-order valence-corrected chi connectivity index (χ2v) is 5.29. The molecule has 1 fully saturated rings. The number of carbonyl (C=O) groups excluding carboxylic acids is 1. The molecular formula is C17H14O3. The zero-order valence-electron chi connectivity index (χ0n) is 10.9. The van der Waals surface area contributed by atoms with E-state index in [0.29, 0.717) is 11.7 Å². The largest absolute Gasteiger partial charge is 0.454 e. The molecule has 0 bridgehead atoms. The second-order valence-electron chi connectivity index (χ2n) is 5.29. The highest BCUT2D eigenvalue weighted by atomic mass is 16.7. The molecule has 0 aromatic heterocycles. The third-order valence-corrected chi connectivity index (χ3v) is 4.01. The van der Waals surface area contributed by atoms with Gasteiger partial charge in [-0.25, -0.2) is 0 Å². The van der Waals surface area contributed by atoms with Crippen LogP contribution in [-0.4, -0.2) is 12.6 Å². The lowest BCUT2D eigenvalue weighted by Gasteiger charge is -2.03. The van der Waals surface area contributed by atoms with E-state index >= 15 is 0 Å². The molecule has 0 saturated heterocycles. The minimum atomic E-state index is 0.109. The zero-order chi connectivity index (χ0) is 13.5. The summed E-state index contributed by atoms with van der Waals surface area (Å²) in [6, 6.07) is 15.7. The summed E-state index contributed by atoms with van der Waals surface area (Å²) in [6.45, 7) is 0.239. The van der Waals surface area contributed by atoms with Crippen LogP contribution in [-0.2, 0) is 0 Å². The first-order valence-electron chi connectivity index (χ1n) is 6.82. The number of Topliss-reactive ketones (excluding diaryl/α,β-unsaturated/α-hetero) is 1. The third-order valence-electron chi connectivity index (χ3n) is 4.01. The molecule has 2 aromatic carbocycles. The fourth-order valence-corrected chi connectivity index (χ4v) is 2.82.